The predicted octanol–water partition coefficient (Wildman–Crippen LogP) is 5.57. The van der Waals surface area contributed by atoms with E-state index in [4.69, 9.17) is 9.72 Å². The number of hydrogen-bond donors (Lipinski definition) is 0. The third-order valence-corrected chi connectivity index (χ3v) is 6.66. The van der Waals surface area contributed by atoms with Crippen LogP contribution in [0, 0.1) is 0 Å². The van der Waals surface area contributed by atoms with E-state index in [1.54, 1.807) is 30.7 Å². The van der Waals surface area contributed by atoms with Crippen LogP contribution < -0.4 is 9.64 Å². The number of benzene rings is 2. The summed E-state index contributed by atoms with van der Waals surface area (Å²) in [5.41, 5.74) is 2.63. The van der Waals surface area contributed by atoms with Crippen LogP contribution in [0.25, 0.3) is 11.4 Å². The van der Waals surface area contributed by atoms with E-state index in [2.05, 4.69) is 16.8 Å². The number of rotatable bonds is 9. The molecule has 0 fully saturated rings. The minimum absolute atomic E-state index is 0.0791. The molecule has 4 aromatic rings. The van der Waals surface area contributed by atoms with Crippen molar-refractivity contribution in [1.82, 2.24) is 19.7 Å². The zero-order valence-electron chi connectivity index (χ0n) is 18.3. The van der Waals surface area contributed by atoms with E-state index in [1.165, 1.54) is 11.3 Å². The molecule has 0 saturated carbocycles. The van der Waals surface area contributed by atoms with Gasteiger partial charge in [0.25, 0.3) is 0 Å². The van der Waals surface area contributed by atoms with Gasteiger partial charge in [0.05, 0.1) is 18.5 Å². The first-order chi connectivity index (χ1) is 16.1. The summed E-state index contributed by atoms with van der Waals surface area (Å²) in [7, 11) is 1.64. The Labute approximate surface area is 200 Å². The van der Waals surface area contributed by atoms with Crippen LogP contribution in [0.5, 0.6) is 5.75 Å². The highest BCUT2D eigenvalue weighted by Gasteiger charge is 2.19. The molecule has 2 aromatic carbocycles. The predicted molar refractivity (Wildman–Crippen MR) is 133 cm³/mol. The molecule has 1 amide bonds. The van der Waals surface area contributed by atoms with Gasteiger partial charge < -0.3 is 4.74 Å². The standard InChI is InChI=1S/C24H23N5O2S2/c1-4-14-28-22(18-10-12-21(31-3)13-11-18)26-27-24(28)33-16-19-15-32-23(25-19)29(17(2)30)20-8-6-5-7-9-20/h4-13,15H,1,14,16H2,2-3H3. The van der Waals surface area contributed by atoms with E-state index < -0.39 is 0 Å². The minimum atomic E-state index is -0.0791. The van der Waals surface area contributed by atoms with Gasteiger partial charge in [-0.2, -0.15) is 0 Å². The molecule has 0 N–H and O–H groups in total. The minimum Gasteiger partial charge on any atom is -0.497 e. The Hall–Kier alpha value is -3.43. The summed E-state index contributed by atoms with van der Waals surface area (Å²) in [4.78, 5) is 18.6. The van der Waals surface area contributed by atoms with Crippen molar-refractivity contribution < 1.29 is 9.53 Å². The summed E-state index contributed by atoms with van der Waals surface area (Å²) in [6.07, 6.45) is 1.83. The number of ether oxygens (including phenoxy) is 1. The number of hydrogen-bond acceptors (Lipinski definition) is 7. The molecule has 168 valence electrons. The number of amides is 1. The van der Waals surface area contributed by atoms with Gasteiger partial charge in [-0.25, -0.2) is 4.98 Å². The summed E-state index contributed by atoms with van der Waals surface area (Å²) in [5, 5.41) is 12.2. The summed E-state index contributed by atoms with van der Waals surface area (Å²) in [6, 6.07) is 17.3. The molecule has 0 atom stereocenters. The summed E-state index contributed by atoms with van der Waals surface area (Å²) in [5.74, 6) is 2.09. The summed E-state index contributed by atoms with van der Waals surface area (Å²) in [6.45, 7) is 6.00. The lowest BCUT2D eigenvalue weighted by Gasteiger charge is -2.17. The number of thiazole rings is 1. The highest BCUT2D eigenvalue weighted by Crippen LogP contribution is 2.32. The van der Waals surface area contributed by atoms with Gasteiger partial charge in [0.2, 0.25) is 5.91 Å². The maximum absolute atomic E-state index is 12.3. The second-order valence-corrected chi connectivity index (χ2v) is 8.81. The Bertz CT molecular complexity index is 1240. The van der Waals surface area contributed by atoms with Crippen molar-refractivity contribution in [3.8, 4) is 17.1 Å². The van der Waals surface area contributed by atoms with Crippen molar-refractivity contribution in [2.45, 2.75) is 24.4 Å². The normalized spacial score (nSPS) is 10.7. The fourth-order valence-corrected chi connectivity index (χ4v) is 5.08. The number of allylic oxidation sites excluding steroid dienone is 1. The van der Waals surface area contributed by atoms with Crippen molar-refractivity contribution in [1.29, 1.82) is 0 Å². The Morgan fingerprint density at radius 1 is 1.18 bits per heavy atom. The van der Waals surface area contributed by atoms with Gasteiger partial charge in [-0.05, 0) is 36.4 Å². The van der Waals surface area contributed by atoms with Crippen LogP contribution in [0.1, 0.15) is 12.6 Å². The first-order valence-electron chi connectivity index (χ1n) is 10.2. The number of anilines is 2. The number of methoxy groups -OCH3 is 1. The number of aromatic nitrogens is 4. The highest BCUT2D eigenvalue weighted by molar-refractivity contribution is 7.98. The molecular formula is C24H23N5O2S2. The molecule has 7 nitrogen and oxygen atoms in total. The largest absolute Gasteiger partial charge is 0.497 e. The number of thioether (sulfide) groups is 1. The number of nitrogens with zero attached hydrogens (tertiary/aromatic N) is 5. The van der Waals surface area contributed by atoms with Gasteiger partial charge in [0, 0.05) is 30.2 Å². The zero-order chi connectivity index (χ0) is 23.2. The molecule has 0 radical (unpaired) electrons. The Balaban J connectivity index is 1.53. The third-order valence-electron chi connectivity index (χ3n) is 4.79. The zero-order valence-corrected chi connectivity index (χ0v) is 20.0. The molecule has 0 unspecified atom stereocenters. The van der Waals surface area contributed by atoms with Gasteiger partial charge in [-0.1, -0.05) is 36.0 Å². The first-order valence-corrected chi connectivity index (χ1v) is 12.1. The van der Waals surface area contributed by atoms with Gasteiger partial charge >= 0.3 is 0 Å². The SMILES string of the molecule is C=CCn1c(SCc2csc(N(C(C)=O)c3ccccc3)n2)nnc1-c1ccc(OC)cc1. The van der Waals surface area contributed by atoms with Gasteiger partial charge in [0.15, 0.2) is 16.1 Å². The van der Waals surface area contributed by atoms with E-state index in [9.17, 15) is 4.79 Å². The van der Waals surface area contributed by atoms with Crippen LogP contribution in [-0.4, -0.2) is 32.8 Å². The van der Waals surface area contributed by atoms with Crippen LogP contribution in [0.2, 0.25) is 0 Å². The highest BCUT2D eigenvalue weighted by atomic mass is 32.2. The van der Waals surface area contributed by atoms with E-state index in [-0.39, 0.29) is 5.91 Å². The van der Waals surface area contributed by atoms with Crippen LogP contribution in [0.4, 0.5) is 10.8 Å². The van der Waals surface area contributed by atoms with E-state index in [0.717, 1.165) is 33.7 Å². The summed E-state index contributed by atoms with van der Waals surface area (Å²) < 4.78 is 7.27. The number of para-hydroxylation sites is 1. The van der Waals surface area contributed by atoms with Gasteiger partial charge in [0.1, 0.15) is 5.75 Å². The Kier molecular flexibility index (Phi) is 7.21. The van der Waals surface area contributed by atoms with Crippen molar-refractivity contribution in [2.24, 2.45) is 0 Å². The van der Waals surface area contributed by atoms with Crippen LogP contribution in [0.15, 0.2) is 77.8 Å². The fourth-order valence-electron chi connectivity index (χ4n) is 3.25. The summed E-state index contributed by atoms with van der Waals surface area (Å²) >= 11 is 3.00. The average molecular weight is 478 g/mol. The topological polar surface area (TPSA) is 73.1 Å². The molecule has 0 saturated heterocycles. The molecule has 2 aromatic heterocycles. The number of carbonyl (C=O) groups is 1. The molecule has 2 heterocycles. The number of carbonyl (C=O) groups excluding carboxylic acids is 1. The second-order valence-electron chi connectivity index (χ2n) is 7.03. The lowest BCUT2D eigenvalue weighted by Crippen LogP contribution is -2.22. The lowest BCUT2D eigenvalue weighted by atomic mass is 10.2. The van der Waals surface area contributed by atoms with Crippen LogP contribution in [-0.2, 0) is 17.1 Å². The molecule has 0 aliphatic rings. The van der Waals surface area contributed by atoms with Crippen molar-refractivity contribution in [3.05, 3.63) is 78.3 Å². The van der Waals surface area contributed by atoms with E-state index in [1.807, 2.05) is 70.6 Å². The molecule has 0 aliphatic heterocycles. The van der Waals surface area contributed by atoms with Gasteiger partial charge in [-0.3, -0.25) is 14.3 Å². The lowest BCUT2D eigenvalue weighted by molar-refractivity contribution is -0.115. The second kappa shape index (κ2) is 10.5. The van der Waals surface area contributed by atoms with Crippen molar-refractivity contribution in [2.75, 3.05) is 12.0 Å². The molecule has 0 spiro atoms. The third kappa shape index (κ3) is 5.15. The van der Waals surface area contributed by atoms with E-state index >= 15 is 0 Å². The molecular weight excluding hydrogens is 454 g/mol. The molecule has 0 bridgehead atoms. The molecule has 9 heteroatoms. The smallest absolute Gasteiger partial charge is 0.230 e. The van der Waals surface area contributed by atoms with Crippen molar-refractivity contribution in [3.63, 3.8) is 0 Å². The first kappa shape index (κ1) is 22.8. The molecule has 33 heavy (non-hydrogen) atoms. The maximum atomic E-state index is 12.3. The Morgan fingerprint density at radius 2 is 1.94 bits per heavy atom. The monoisotopic (exact) mass is 477 g/mol. The van der Waals surface area contributed by atoms with Crippen LogP contribution >= 0.6 is 23.1 Å². The average Bonchev–Trinajstić information content (AvgIpc) is 3.46. The quantitative estimate of drug-likeness (QED) is 0.232. The van der Waals surface area contributed by atoms with Crippen LogP contribution in [0.3, 0.4) is 0 Å². The van der Waals surface area contributed by atoms with E-state index in [0.29, 0.717) is 17.4 Å². The molecule has 4 rings (SSSR count). The van der Waals surface area contributed by atoms with Gasteiger partial charge in [-0.15, -0.1) is 28.1 Å². The fraction of sp³-hybridized carbons (Fsp3) is 0.167. The molecule has 0 aliphatic carbocycles. The Morgan fingerprint density at radius 3 is 2.61 bits per heavy atom. The maximum Gasteiger partial charge on any atom is 0.230 e. The van der Waals surface area contributed by atoms with Crippen molar-refractivity contribution >= 4 is 39.8 Å².